The maximum absolute atomic E-state index is 12.3. The summed E-state index contributed by atoms with van der Waals surface area (Å²) >= 11 is 0. The molecule has 0 spiro atoms. The average molecular weight is 339 g/mol. The molecule has 1 aliphatic heterocycles. The van der Waals surface area contributed by atoms with Crippen LogP contribution in [0.15, 0.2) is 23.1 Å². The quantitative estimate of drug-likeness (QED) is 0.713. The van der Waals surface area contributed by atoms with Gasteiger partial charge < -0.3 is 15.4 Å². The van der Waals surface area contributed by atoms with Gasteiger partial charge in [0.1, 0.15) is 5.75 Å². The number of nitrogens with one attached hydrogen (secondary N) is 3. The highest BCUT2D eigenvalue weighted by molar-refractivity contribution is 7.89. The van der Waals surface area contributed by atoms with Crippen LogP contribution in [0, 0.1) is 0 Å². The van der Waals surface area contributed by atoms with Crippen molar-refractivity contribution in [1.29, 1.82) is 0 Å². The van der Waals surface area contributed by atoms with Crippen LogP contribution in [-0.4, -0.2) is 40.1 Å². The van der Waals surface area contributed by atoms with Crippen molar-refractivity contribution >= 4 is 21.6 Å². The first kappa shape index (κ1) is 16.2. The molecule has 1 aliphatic carbocycles. The summed E-state index contributed by atoms with van der Waals surface area (Å²) in [6, 6.07) is 4.26. The number of hydrogen-bond donors (Lipinski definition) is 3. The molecule has 1 amide bonds. The zero-order chi connectivity index (χ0) is 16.4. The van der Waals surface area contributed by atoms with Crippen LogP contribution in [0.25, 0.3) is 0 Å². The monoisotopic (exact) mass is 339 g/mol. The van der Waals surface area contributed by atoms with Gasteiger partial charge in [0.2, 0.25) is 15.9 Å². The van der Waals surface area contributed by atoms with Gasteiger partial charge in [-0.25, -0.2) is 13.1 Å². The number of amides is 1. The number of hydrogen-bond acceptors (Lipinski definition) is 5. The molecule has 1 heterocycles. The molecule has 1 unspecified atom stereocenters. The SMILES string of the molecule is COc1ccc(S(=O)(=O)NC2CC2)cc1NC(=O)C1CCCN1. The van der Waals surface area contributed by atoms with Crippen LogP contribution in [-0.2, 0) is 14.8 Å². The van der Waals surface area contributed by atoms with Gasteiger partial charge in [-0.05, 0) is 50.4 Å². The molecule has 7 nitrogen and oxygen atoms in total. The molecule has 1 atom stereocenters. The van der Waals surface area contributed by atoms with Gasteiger partial charge >= 0.3 is 0 Å². The van der Waals surface area contributed by atoms with Crippen LogP contribution in [0.3, 0.4) is 0 Å². The maximum atomic E-state index is 12.3. The standard InChI is InChI=1S/C15H21N3O4S/c1-22-14-7-6-11(23(20,21)18-10-4-5-10)9-13(14)17-15(19)12-3-2-8-16-12/h6-7,9-10,12,16,18H,2-5,8H2,1H3,(H,17,19). The number of anilines is 1. The van der Waals surface area contributed by atoms with Crippen molar-refractivity contribution < 1.29 is 17.9 Å². The third-order valence-corrected chi connectivity index (χ3v) is 5.53. The van der Waals surface area contributed by atoms with Crippen LogP contribution >= 0.6 is 0 Å². The summed E-state index contributed by atoms with van der Waals surface area (Å²) in [5.41, 5.74) is 0.366. The molecule has 23 heavy (non-hydrogen) atoms. The van der Waals surface area contributed by atoms with Crippen molar-refractivity contribution in [3.05, 3.63) is 18.2 Å². The summed E-state index contributed by atoms with van der Waals surface area (Å²) in [5, 5.41) is 5.88. The smallest absolute Gasteiger partial charge is 0.241 e. The Hall–Kier alpha value is -1.64. The third kappa shape index (κ3) is 3.82. The molecular formula is C15H21N3O4S. The van der Waals surface area contributed by atoms with Crippen molar-refractivity contribution in [1.82, 2.24) is 10.0 Å². The van der Waals surface area contributed by atoms with Crippen molar-refractivity contribution in [3.63, 3.8) is 0 Å². The second-order valence-electron chi connectivity index (χ2n) is 5.90. The van der Waals surface area contributed by atoms with E-state index in [0.717, 1.165) is 32.2 Å². The molecule has 1 saturated heterocycles. The molecule has 0 radical (unpaired) electrons. The second kappa shape index (κ2) is 6.46. The Kier molecular flexibility index (Phi) is 4.56. The van der Waals surface area contributed by atoms with Gasteiger partial charge in [-0.1, -0.05) is 0 Å². The minimum absolute atomic E-state index is 0.0304. The van der Waals surface area contributed by atoms with Gasteiger partial charge in [0.05, 0.1) is 23.7 Å². The van der Waals surface area contributed by atoms with E-state index in [9.17, 15) is 13.2 Å². The highest BCUT2D eigenvalue weighted by atomic mass is 32.2. The minimum atomic E-state index is -3.57. The number of carbonyl (C=O) groups excluding carboxylic acids is 1. The van der Waals surface area contributed by atoms with E-state index < -0.39 is 10.0 Å². The van der Waals surface area contributed by atoms with E-state index in [-0.39, 0.29) is 22.9 Å². The Labute approximate surface area is 135 Å². The molecule has 8 heteroatoms. The zero-order valence-corrected chi connectivity index (χ0v) is 13.8. The van der Waals surface area contributed by atoms with Crippen molar-refractivity contribution in [3.8, 4) is 5.75 Å². The minimum Gasteiger partial charge on any atom is -0.495 e. The van der Waals surface area contributed by atoms with Gasteiger partial charge in [0.25, 0.3) is 0 Å². The molecule has 0 aromatic heterocycles. The van der Waals surface area contributed by atoms with E-state index in [2.05, 4.69) is 15.4 Å². The summed E-state index contributed by atoms with van der Waals surface area (Å²) in [4.78, 5) is 12.4. The van der Waals surface area contributed by atoms with Crippen LogP contribution in [0.2, 0.25) is 0 Å². The average Bonchev–Trinajstić information content (AvgIpc) is 3.15. The molecule has 3 rings (SSSR count). The zero-order valence-electron chi connectivity index (χ0n) is 13.0. The third-order valence-electron chi connectivity index (χ3n) is 4.02. The van der Waals surface area contributed by atoms with E-state index in [0.29, 0.717) is 11.4 Å². The lowest BCUT2D eigenvalue weighted by atomic mass is 10.2. The normalized spacial score (nSPS) is 21.2. The Morgan fingerprint density at radius 3 is 2.70 bits per heavy atom. The number of ether oxygens (including phenoxy) is 1. The summed E-state index contributed by atoms with van der Waals surface area (Å²) in [5.74, 6) is 0.257. The highest BCUT2D eigenvalue weighted by Crippen LogP contribution is 2.29. The van der Waals surface area contributed by atoms with Crippen LogP contribution in [0.5, 0.6) is 5.75 Å². The van der Waals surface area contributed by atoms with Gasteiger partial charge in [0.15, 0.2) is 0 Å². The Morgan fingerprint density at radius 1 is 1.30 bits per heavy atom. The number of rotatable bonds is 6. The number of sulfonamides is 1. The first-order valence-electron chi connectivity index (χ1n) is 7.74. The van der Waals surface area contributed by atoms with E-state index in [4.69, 9.17) is 4.74 Å². The van der Waals surface area contributed by atoms with E-state index >= 15 is 0 Å². The van der Waals surface area contributed by atoms with Crippen molar-refractivity contribution in [2.45, 2.75) is 42.7 Å². The van der Waals surface area contributed by atoms with E-state index in [1.807, 2.05) is 0 Å². The Balaban J connectivity index is 1.82. The second-order valence-corrected chi connectivity index (χ2v) is 7.61. The summed E-state index contributed by atoms with van der Waals surface area (Å²) in [6.07, 6.45) is 3.46. The van der Waals surface area contributed by atoms with Crippen molar-refractivity contribution in [2.24, 2.45) is 0 Å². The van der Waals surface area contributed by atoms with Gasteiger partial charge in [0, 0.05) is 6.04 Å². The van der Waals surface area contributed by atoms with Gasteiger partial charge in [-0.15, -0.1) is 0 Å². The molecule has 2 fully saturated rings. The van der Waals surface area contributed by atoms with Crippen LogP contribution < -0.4 is 20.1 Å². The van der Waals surface area contributed by atoms with E-state index in [1.54, 1.807) is 6.07 Å². The largest absolute Gasteiger partial charge is 0.495 e. The number of carbonyl (C=O) groups is 1. The fourth-order valence-corrected chi connectivity index (χ4v) is 3.90. The fraction of sp³-hybridized carbons (Fsp3) is 0.533. The molecule has 1 aromatic rings. The topological polar surface area (TPSA) is 96.5 Å². The fourth-order valence-electron chi connectivity index (χ4n) is 2.57. The lowest BCUT2D eigenvalue weighted by molar-refractivity contribution is -0.117. The number of benzene rings is 1. The first-order valence-corrected chi connectivity index (χ1v) is 9.22. The van der Waals surface area contributed by atoms with E-state index in [1.165, 1.54) is 19.2 Å². The summed E-state index contributed by atoms with van der Waals surface area (Å²) < 4.78 is 32.4. The molecule has 0 bridgehead atoms. The number of methoxy groups -OCH3 is 1. The molecule has 2 aliphatic rings. The Morgan fingerprint density at radius 2 is 2.09 bits per heavy atom. The Bertz CT molecular complexity index is 695. The molecule has 1 aromatic carbocycles. The van der Waals surface area contributed by atoms with Crippen LogP contribution in [0.4, 0.5) is 5.69 Å². The van der Waals surface area contributed by atoms with Gasteiger partial charge in [-0.3, -0.25) is 4.79 Å². The van der Waals surface area contributed by atoms with Crippen LogP contribution in [0.1, 0.15) is 25.7 Å². The highest BCUT2D eigenvalue weighted by Gasteiger charge is 2.29. The lowest BCUT2D eigenvalue weighted by Crippen LogP contribution is -2.35. The first-order chi connectivity index (χ1) is 11.0. The molecular weight excluding hydrogens is 318 g/mol. The summed E-state index contributed by atoms with van der Waals surface area (Å²) in [7, 11) is -2.09. The predicted octanol–water partition coefficient (Wildman–Crippen LogP) is 0.826. The lowest BCUT2D eigenvalue weighted by Gasteiger charge is -2.15. The van der Waals surface area contributed by atoms with Crippen molar-refractivity contribution in [2.75, 3.05) is 19.0 Å². The van der Waals surface area contributed by atoms with Gasteiger partial charge in [-0.2, -0.15) is 0 Å². The summed E-state index contributed by atoms with van der Waals surface area (Å²) in [6.45, 7) is 0.814. The molecule has 3 N–H and O–H groups in total. The predicted molar refractivity (Wildman–Crippen MR) is 86.0 cm³/mol. The molecule has 126 valence electrons. The molecule has 1 saturated carbocycles. The maximum Gasteiger partial charge on any atom is 0.241 e.